The van der Waals surface area contributed by atoms with Crippen LogP contribution in [0.4, 0.5) is 0 Å². The molecule has 3 rings (SSSR count). The Balaban J connectivity index is 2.08. The van der Waals surface area contributed by atoms with Gasteiger partial charge in [0.2, 0.25) is 0 Å². The van der Waals surface area contributed by atoms with Crippen molar-refractivity contribution in [3.8, 4) is 5.75 Å². The molecule has 0 bridgehead atoms. The van der Waals surface area contributed by atoms with E-state index < -0.39 is 17.3 Å². The van der Waals surface area contributed by atoms with Crippen LogP contribution in [0.25, 0.3) is 10.8 Å². The van der Waals surface area contributed by atoms with E-state index in [2.05, 4.69) is 0 Å². The Morgan fingerprint density at radius 1 is 1.00 bits per heavy atom. The maximum atomic E-state index is 13.2. The van der Waals surface area contributed by atoms with Crippen molar-refractivity contribution < 1.29 is 19.4 Å². The van der Waals surface area contributed by atoms with E-state index in [-0.39, 0.29) is 17.7 Å². The van der Waals surface area contributed by atoms with Crippen molar-refractivity contribution in [3.05, 3.63) is 77.9 Å². The van der Waals surface area contributed by atoms with Gasteiger partial charge in [-0.3, -0.25) is 4.79 Å². The lowest BCUT2D eigenvalue weighted by Crippen LogP contribution is -2.57. The highest BCUT2D eigenvalue weighted by molar-refractivity contribution is 6.18. The molecule has 5 heteroatoms. The molecular weight excluding hydrogens is 330 g/mol. The number of ketones is 1. The first-order chi connectivity index (χ1) is 12.5. The van der Waals surface area contributed by atoms with Gasteiger partial charge in [-0.2, -0.15) is 0 Å². The third-order valence-corrected chi connectivity index (χ3v) is 4.39. The second-order valence-corrected chi connectivity index (χ2v) is 6.17. The fourth-order valence-electron chi connectivity index (χ4n) is 3.00. The van der Waals surface area contributed by atoms with Gasteiger partial charge in [-0.15, -0.1) is 0 Å². The topological polar surface area (TPSA) is 89.6 Å². The zero-order chi connectivity index (χ0) is 18.7. The lowest BCUT2D eigenvalue weighted by atomic mass is 9.83. The maximum Gasteiger partial charge on any atom is 0.334 e. The van der Waals surface area contributed by atoms with Crippen LogP contribution in [0.3, 0.4) is 0 Å². The highest BCUT2D eigenvalue weighted by atomic mass is 16.5. The third-order valence-electron chi connectivity index (χ3n) is 4.39. The zero-order valence-corrected chi connectivity index (χ0v) is 14.3. The molecule has 0 unspecified atom stereocenters. The van der Waals surface area contributed by atoms with E-state index in [9.17, 15) is 14.7 Å². The molecule has 3 aromatic carbocycles. The summed E-state index contributed by atoms with van der Waals surface area (Å²) in [6.45, 7) is 0. The average molecular weight is 349 g/mol. The van der Waals surface area contributed by atoms with Gasteiger partial charge in [0, 0.05) is 6.42 Å². The van der Waals surface area contributed by atoms with Gasteiger partial charge >= 0.3 is 5.97 Å². The van der Waals surface area contributed by atoms with E-state index in [1.54, 1.807) is 30.3 Å². The number of phenolic OH excluding ortho intramolecular Hbond substituents is 1. The van der Waals surface area contributed by atoms with Crippen molar-refractivity contribution >= 4 is 22.5 Å². The number of hydrogen-bond acceptors (Lipinski definition) is 5. The molecule has 26 heavy (non-hydrogen) atoms. The van der Waals surface area contributed by atoms with E-state index in [1.165, 1.54) is 13.2 Å². The molecule has 0 heterocycles. The molecule has 1 atom stereocenters. The number of carbonyl (C=O) groups is 2. The van der Waals surface area contributed by atoms with Crippen LogP contribution in [0, 0.1) is 0 Å². The Kier molecular flexibility index (Phi) is 4.73. The van der Waals surface area contributed by atoms with Gasteiger partial charge in [0.15, 0.2) is 11.3 Å². The molecule has 0 aliphatic rings. The smallest absolute Gasteiger partial charge is 0.334 e. The van der Waals surface area contributed by atoms with Gasteiger partial charge in [0.05, 0.1) is 12.7 Å². The fraction of sp³-hybridized carbons (Fsp3) is 0.143. The minimum atomic E-state index is -1.93. The molecule has 132 valence electrons. The van der Waals surface area contributed by atoms with Gasteiger partial charge in [0.1, 0.15) is 5.75 Å². The van der Waals surface area contributed by atoms with Crippen molar-refractivity contribution in [2.24, 2.45) is 5.73 Å². The number of benzene rings is 3. The van der Waals surface area contributed by atoms with E-state index in [4.69, 9.17) is 10.5 Å². The number of esters is 1. The predicted octanol–water partition coefficient (Wildman–Crippen LogP) is 2.84. The zero-order valence-electron chi connectivity index (χ0n) is 14.3. The number of rotatable bonds is 5. The quantitative estimate of drug-likeness (QED) is 0.420. The Labute approximate surface area is 151 Å². The Morgan fingerprint density at radius 2 is 1.58 bits per heavy atom. The lowest BCUT2D eigenvalue weighted by molar-refractivity contribution is -0.145. The van der Waals surface area contributed by atoms with Crippen LogP contribution in [-0.4, -0.2) is 29.5 Å². The number of Topliss-reactive ketones (excluding diaryl/α,β-unsaturated/α-hetero) is 1. The van der Waals surface area contributed by atoms with Crippen LogP contribution in [0.15, 0.2) is 66.7 Å². The van der Waals surface area contributed by atoms with E-state index in [0.717, 1.165) is 10.8 Å². The molecule has 0 saturated carbocycles. The molecule has 0 fully saturated rings. The van der Waals surface area contributed by atoms with Crippen molar-refractivity contribution in [1.82, 2.24) is 0 Å². The molecular formula is C21H19NO4. The number of ether oxygens (including phenoxy) is 1. The van der Waals surface area contributed by atoms with Crippen LogP contribution in [-0.2, 0) is 16.0 Å². The highest BCUT2D eigenvalue weighted by Gasteiger charge is 2.44. The Hall–Kier alpha value is -3.18. The Morgan fingerprint density at radius 3 is 2.19 bits per heavy atom. The van der Waals surface area contributed by atoms with Crippen LogP contribution >= 0.6 is 0 Å². The number of nitrogens with two attached hydrogens (primary N) is 1. The number of aromatic hydroxyl groups is 1. The van der Waals surface area contributed by atoms with Crippen molar-refractivity contribution in [3.63, 3.8) is 0 Å². The van der Waals surface area contributed by atoms with Crippen molar-refractivity contribution in [2.45, 2.75) is 12.0 Å². The summed E-state index contributed by atoms with van der Waals surface area (Å²) in [7, 11) is 1.18. The predicted molar refractivity (Wildman–Crippen MR) is 99.0 cm³/mol. The first kappa shape index (κ1) is 17.6. The summed E-state index contributed by atoms with van der Waals surface area (Å²) < 4.78 is 4.79. The van der Waals surface area contributed by atoms with E-state index >= 15 is 0 Å². The number of phenols is 1. The highest BCUT2D eigenvalue weighted by Crippen LogP contribution is 2.29. The van der Waals surface area contributed by atoms with Crippen molar-refractivity contribution in [1.29, 1.82) is 0 Å². The number of fused-ring (bicyclic) bond motifs is 1. The summed E-state index contributed by atoms with van der Waals surface area (Å²) in [6, 6.07) is 19.3. The van der Waals surface area contributed by atoms with E-state index in [1.807, 2.05) is 30.3 Å². The first-order valence-electron chi connectivity index (χ1n) is 8.13. The van der Waals surface area contributed by atoms with Gasteiger partial charge in [0.25, 0.3) is 0 Å². The summed E-state index contributed by atoms with van der Waals surface area (Å²) in [5.74, 6) is -1.75. The molecule has 0 aliphatic carbocycles. The second kappa shape index (κ2) is 6.98. The van der Waals surface area contributed by atoms with Gasteiger partial charge in [-0.05, 0) is 28.5 Å². The van der Waals surface area contributed by atoms with Crippen LogP contribution < -0.4 is 5.73 Å². The summed E-state index contributed by atoms with van der Waals surface area (Å²) >= 11 is 0. The Bertz CT molecular complexity index is 968. The second-order valence-electron chi connectivity index (χ2n) is 6.17. The van der Waals surface area contributed by atoms with E-state index in [0.29, 0.717) is 5.56 Å². The minimum Gasteiger partial charge on any atom is -0.507 e. The average Bonchev–Trinajstić information content (AvgIpc) is 2.66. The standard InChI is InChI=1S/C21H19NO4/c1-26-20(25)21(22,13-14-7-3-2-4-8-14)19(24)17-11-15-9-5-6-10-16(15)12-18(17)23/h2-12,23H,13,22H2,1H3/t21-/m0/s1. The molecule has 0 aliphatic heterocycles. The first-order valence-corrected chi connectivity index (χ1v) is 8.13. The lowest BCUT2D eigenvalue weighted by Gasteiger charge is -2.25. The molecule has 0 radical (unpaired) electrons. The van der Waals surface area contributed by atoms with Gasteiger partial charge < -0.3 is 15.6 Å². The van der Waals surface area contributed by atoms with Gasteiger partial charge in [-0.25, -0.2) is 4.79 Å². The minimum absolute atomic E-state index is 0.00692. The third kappa shape index (κ3) is 3.17. The van der Waals surface area contributed by atoms with Crippen LogP contribution in [0.5, 0.6) is 5.75 Å². The molecule has 0 amide bonds. The van der Waals surface area contributed by atoms with Crippen molar-refractivity contribution in [2.75, 3.05) is 7.11 Å². The molecule has 0 aromatic heterocycles. The maximum absolute atomic E-state index is 13.2. The molecule has 5 nitrogen and oxygen atoms in total. The summed E-state index contributed by atoms with van der Waals surface area (Å²) in [4.78, 5) is 25.5. The van der Waals surface area contributed by atoms with Gasteiger partial charge in [-0.1, -0.05) is 54.6 Å². The molecule has 0 spiro atoms. The fourth-order valence-corrected chi connectivity index (χ4v) is 3.00. The van der Waals surface area contributed by atoms with Crippen LogP contribution in [0.2, 0.25) is 0 Å². The largest absolute Gasteiger partial charge is 0.507 e. The normalized spacial score (nSPS) is 13.2. The molecule has 3 N–H and O–H groups in total. The number of carbonyl (C=O) groups excluding carboxylic acids is 2. The number of hydrogen-bond donors (Lipinski definition) is 2. The number of methoxy groups -OCH3 is 1. The monoisotopic (exact) mass is 349 g/mol. The summed E-state index contributed by atoms with van der Waals surface area (Å²) in [6.07, 6.45) is -0.0361. The summed E-state index contributed by atoms with van der Waals surface area (Å²) in [5.41, 5.74) is 5.01. The molecule has 0 saturated heterocycles. The van der Waals surface area contributed by atoms with Crippen LogP contribution in [0.1, 0.15) is 15.9 Å². The molecule has 3 aromatic rings. The summed E-state index contributed by atoms with van der Waals surface area (Å²) in [5, 5.41) is 11.9. The SMILES string of the molecule is COC(=O)[C@](N)(Cc1ccccc1)C(=O)c1cc2ccccc2cc1O.